The maximum atomic E-state index is 10.5. The van der Waals surface area contributed by atoms with Gasteiger partial charge in [-0.15, -0.1) is 0 Å². The predicted octanol–water partition coefficient (Wildman–Crippen LogP) is 2.96. The molecule has 2 rings (SSSR count). The summed E-state index contributed by atoms with van der Waals surface area (Å²) >= 11 is 4.27. The number of aliphatic hydroxyl groups is 1. The molecule has 0 bridgehead atoms. The van der Waals surface area contributed by atoms with Crippen LogP contribution in [0.4, 0.5) is 10.1 Å². The largest absolute Gasteiger partial charge is 0.387 e. The molecule has 2 N–H and O–H groups in total. The monoisotopic (exact) mass is 343 g/mol. The smallest absolute Gasteiger partial charge is 0.345 e. The lowest BCUT2D eigenvalue weighted by atomic mass is 10.1. The van der Waals surface area contributed by atoms with Gasteiger partial charge in [-0.25, -0.2) is 4.98 Å². The molecular weight excluding hydrogens is 334 g/mol. The Labute approximate surface area is 121 Å². The van der Waals surface area contributed by atoms with Gasteiger partial charge in [0.05, 0.1) is 11.0 Å². The van der Waals surface area contributed by atoms with Gasteiger partial charge < -0.3 is 10.4 Å². The second-order valence-corrected chi connectivity index (χ2v) is 5.64. The minimum Gasteiger partial charge on any atom is -0.387 e. The predicted molar refractivity (Wildman–Crippen MR) is 76.4 cm³/mol. The van der Waals surface area contributed by atoms with Gasteiger partial charge in [0.25, 0.3) is 0 Å². The van der Waals surface area contributed by atoms with Crippen LogP contribution >= 0.6 is 27.3 Å². The van der Waals surface area contributed by atoms with Crippen molar-refractivity contribution in [1.29, 1.82) is 0 Å². The number of nitrogens with one attached hydrogen (secondary N) is 1. The highest BCUT2D eigenvalue weighted by molar-refractivity contribution is 9.10. The van der Waals surface area contributed by atoms with Crippen LogP contribution in [0.5, 0.6) is 0 Å². The molecule has 6 nitrogen and oxygen atoms in total. The molecule has 1 heterocycles. The van der Waals surface area contributed by atoms with E-state index in [2.05, 4.69) is 26.2 Å². The molecule has 2 aromatic rings. The van der Waals surface area contributed by atoms with E-state index in [0.717, 1.165) is 21.4 Å². The molecule has 0 fully saturated rings. The molecule has 0 saturated carbocycles. The van der Waals surface area contributed by atoms with E-state index in [9.17, 15) is 15.2 Å². The fraction of sp³-hybridized carbons (Fsp3) is 0.182. The van der Waals surface area contributed by atoms with Gasteiger partial charge in [-0.2, -0.15) is 0 Å². The number of nitro groups is 1. The van der Waals surface area contributed by atoms with Crippen LogP contribution in [0.3, 0.4) is 0 Å². The van der Waals surface area contributed by atoms with Crippen LogP contribution in [0, 0.1) is 10.1 Å². The number of rotatable bonds is 5. The number of aliphatic hydroxyl groups excluding tert-OH is 1. The fourth-order valence-electron chi connectivity index (χ4n) is 1.45. The van der Waals surface area contributed by atoms with Gasteiger partial charge in [0.15, 0.2) is 5.13 Å². The first kappa shape index (κ1) is 13.9. The molecule has 0 saturated heterocycles. The average Bonchev–Trinajstić information content (AvgIpc) is 2.85. The lowest BCUT2D eigenvalue weighted by Crippen LogP contribution is -2.11. The fourth-order valence-corrected chi connectivity index (χ4v) is 2.50. The summed E-state index contributed by atoms with van der Waals surface area (Å²) in [6, 6.07) is 7.32. The maximum Gasteiger partial charge on any atom is 0.345 e. The standard InChI is InChI=1S/C11H10BrN3O3S/c12-8-3-1-2-7(4-8)9(16)5-13-11-14-6-10(19-11)15(17)18/h1-4,6,9,16H,5H2,(H,13,14)/t9-/m0/s1. The van der Waals surface area contributed by atoms with Gasteiger partial charge in [0.1, 0.15) is 6.20 Å². The average molecular weight is 344 g/mol. The molecule has 100 valence electrons. The van der Waals surface area contributed by atoms with E-state index in [1.165, 1.54) is 6.20 Å². The number of halogens is 1. The molecule has 0 radical (unpaired) electrons. The van der Waals surface area contributed by atoms with Gasteiger partial charge in [0, 0.05) is 11.0 Å². The summed E-state index contributed by atoms with van der Waals surface area (Å²) in [5, 5.41) is 23.8. The molecule has 8 heteroatoms. The summed E-state index contributed by atoms with van der Waals surface area (Å²) in [7, 11) is 0. The van der Waals surface area contributed by atoms with Crippen molar-refractivity contribution >= 4 is 37.4 Å². The van der Waals surface area contributed by atoms with Crippen molar-refractivity contribution < 1.29 is 10.0 Å². The number of thiazole rings is 1. The lowest BCUT2D eigenvalue weighted by molar-refractivity contribution is -0.380. The zero-order chi connectivity index (χ0) is 13.8. The lowest BCUT2D eigenvalue weighted by Gasteiger charge is -2.11. The Balaban J connectivity index is 1.96. The van der Waals surface area contributed by atoms with Crippen molar-refractivity contribution in [2.75, 3.05) is 11.9 Å². The maximum absolute atomic E-state index is 10.5. The van der Waals surface area contributed by atoms with Crippen LogP contribution in [0.15, 0.2) is 34.9 Å². The van der Waals surface area contributed by atoms with E-state index < -0.39 is 11.0 Å². The summed E-state index contributed by atoms with van der Waals surface area (Å²) in [4.78, 5) is 13.9. The van der Waals surface area contributed by atoms with Gasteiger partial charge in [-0.3, -0.25) is 10.1 Å². The quantitative estimate of drug-likeness (QED) is 0.643. The number of anilines is 1. The molecule has 19 heavy (non-hydrogen) atoms. The van der Waals surface area contributed by atoms with E-state index in [4.69, 9.17) is 0 Å². The Bertz CT molecular complexity index is 590. The molecule has 0 amide bonds. The molecular formula is C11H10BrN3O3S. The number of hydrogen-bond donors (Lipinski definition) is 2. The van der Waals surface area contributed by atoms with E-state index >= 15 is 0 Å². The molecule has 1 atom stereocenters. The third-order valence-electron chi connectivity index (χ3n) is 2.35. The summed E-state index contributed by atoms with van der Waals surface area (Å²) in [5.41, 5.74) is 0.757. The molecule has 0 aliphatic rings. The Hall–Kier alpha value is -1.51. The van der Waals surface area contributed by atoms with E-state index in [1.807, 2.05) is 18.2 Å². The Morgan fingerprint density at radius 3 is 3.00 bits per heavy atom. The van der Waals surface area contributed by atoms with Crippen LogP contribution in [0.25, 0.3) is 0 Å². The topological polar surface area (TPSA) is 88.3 Å². The minimum atomic E-state index is -0.708. The highest BCUT2D eigenvalue weighted by atomic mass is 79.9. The number of benzene rings is 1. The molecule has 0 aliphatic heterocycles. The van der Waals surface area contributed by atoms with Gasteiger partial charge >= 0.3 is 5.00 Å². The van der Waals surface area contributed by atoms with E-state index in [-0.39, 0.29) is 11.5 Å². The Morgan fingerprint density at radius 1 is 1.58 bits per heavy atom. The first-order chi connectivity index (χ1) is 9.06. The highest BCUT2D eigenvalue weighted by Gasteiger charge is 2.13. The number of nitrogens with zero attached hydrogens (tertiary/aromatic N) is 2. The van der Waals surface area contributed by atoms with Crippen molar-refractivity contribution in [2.24, 2.45) is 0 Å². The van der Waals surface area contributed by atoms with E-state index in [0.29, 0.717) is 5.13 Å². The van der Waals surface area contributed by atoms with Gasteiger partial charge in [0.2, 0.25) is 0 Å². The first-order valence-electron chi connectivity index (χ1n) is 5.34. The molecule has 0 aliphatic carbocycles. The number of aromatic nitrogens is 1. The van der Waals surface area contributed by atoms with Crippen LogP contribution in [-0.2, 0) is 0 Å². The van der Waals surface area contributed by atoms with Crippen molar-refractivity contribution in [3.63, 3.8) is 0 Å². The van der Waals surface area contributed by atoms with Crippen molar-refractivity contribution in [3.05, 3.63) is 50.6 Å². The molecule has 0 unspecified atom stereocenters. The SMILES string of the molecule is O=[N+]([O-])c1cnc(NC[C@H](O)c2cccc(Br)c2)s1. The Morgan fingerprint density at radius 2 is 2.37 bits per heavy atom. The number of hydrogen-bond acceptors (Lipinski definition) is 6. The zero-order valence-corrected chi connectivity index (χ0v) is 12.0. The van der Waals surface area contributed by atoms with Crippen molar-refractivity contribution in [2.45, 2.75) is 6.10 Å². The summed E-state index contributed by atoms with van der Waals surface area (Å²) in [5.74, 6) is 0. The van der Waals surface area contributed by atoms with Crippen molar-refractivity contribution in [1.82, 2.24) is 4.98 Å². The first-order valence-corrected chi connectivity index (χ1v) is 6.95. The molecule has 1 aromatic carbocycles. The zero-order valence-electron chi connectivity index (χ0n) is 9.62. The van der Waals surface area contributed by atoms with Gasteiger partial charge in [-0.1, -0.05) is 28.1 Å². The summed E-state index contributed by atoms with van der Waals surface area (Å²) < 4.78 is 0.883. The van der Waals surface area contributed by atoms with Crippen LogP contribution in [-0.4, -0.2) is 21.6 Å². The second kappa shape index (κ2) is 6.09. The van der Waals surface area contributed by atoms with Gasteiger partial charge in [-0.05, 0) is 29.0 Å². The highest BCUT2D eigenvalue weighted by Crippen LogP contribution is 2.26. The second-order valence-electron chi connectivity index (χ2n) is 3.71. The minimum absolute atomic E-state index is 0.0283. The third-order valence-corrected chi connectivity index (χ3v) is 3.75. The van der Waals surface area contributed by atoms with Crippen molar-refractivity contribution in [3.8, 4) is 0 Å². The molecule has 1 aromatic heterocycles. The summed E-state index contributed by atoms with van der Waals surface area (Å²) in [6.07, 6.45) is 0.485. The third kappa shape index (κ3) is 3.72. The van der Waals surface area contributed by atoms with E-state index in [1.54, 1.807) is 6.07 Å². The van der Waals surface area contributed by atoms with Crippen LogP contribution in [0.2, 0.25) is 0 Å². The summed E-state index contributed by atoms with van der Waals surface area (Å²) in [6.45, 7) is 0.237. The molecule has 0 spiro atoms. The van der Waals surface area contributed by atoms with Crippen LogP contribution < -0.4 is 5.32 Å². The Kier molecular flexibility index (Phi) is 4.46. The van der Waals surface area contributed by atoms with Crippen LogP contribution in [0.1, 0.15) is 11.7 Å². The normalized spacial score (nSPS) is 12.1.